The lowest BCUT2D eigenvalue weighted by Gasteiger charge is -2.10. The number of imidazole rings is 1. The number of aromatic nitrogens is 2. The molecule has 0 saturated heterocycles. The maximum atomic E-state index is 13.2. The number of carbonyl (C=O) groups excluding carboxylic acids is 1. The van der Waals surface area contributed by atoms with Gasteiger partial charge in [0.25, 0.3) is 0 Å². The van der Waals surface area contributed by atoms with Gasteiger partial charge in [-0.1, -0.05) is 11.6 Å². The van der Waals surface area contributed by atoms with Gasteiger partial charge in [-0.25, -0.2) is 14.2 Å². The molecule has 1 aromatic carbocycles. The molecule has 1 aromatic heterocycles. The highest BCUT2D eigenvalue weighted by Gasteiger charge is 2.16. The van der Waals surface area contributed by atoms with E-state index in [4.69, 9.17) is 11.6 Å². The summed E-state index contributed by atoms with van der Waals surface area (Å²) in [5, 5.41) is 0.435. The first-order valence-electron chi connectivity index (χ1n) is 5.57. The Morgan fingerprint density at radius 3 is 2.95 bits per heavy atom. The van der Waals surface area contributed by atoms with Crippen LogP contribution in [-0.2, 0) is 11.3 Å². The topological polar surface area (TPSA) is 44.1 Å². The minimum Gasteiger partial charge on any atom is -0.464 e. The molecule has 0 fully saturated rings. The van der Waals surface area contributed by atoms with E-state index < -0.39 is 5.97 Å². The smallest absolute Gasteiger partial charge is 0.356 e. The van der Waals surface area contributed by atoms with Crippen LogP contribution in [0.4, 0.5) is 4.39 Å². The van der Waals surface area contributed by atoms with Gasteiger partial charge in [-0.15, -0.1) is 0 Å². The summed E-state index contributed by atoms with van der Waals surface area (Å²) in [6, 6.07) is 4.10. The lowest BCUT2D eigenvalue weighted by Crippen LogP contribution is -2.13. The molecule has 0 radical (unpaired) electrons. The van der Waals surface area contributed by atoms with E-state index in [0.29, 0.717) is 22.1 Å². The Bertz CT molecular complexity index is 625. The standard InChI is InChI=1S/C13H12ClFN2O2/c1-8-16-6-12(13(18)19-2)17(8)7-9-5-10(15)3-4-11(9)14/h3-6H,7H2,1-2H3. The molecule has 0 spiro atoms. The summed E-state index contributed by atoms with van der Waals surface area (Å²) in [7, 11) is 1.30. The largest absolute Gasteiger partial charge is 0.464 e. The zero-order chi connectivity index (χ0) is 14.0. The highest BCUT2D eigenvalue weighted by atomic mass is 35.5. The molecule has 100 valence electrons. The molecule has 0 amide bonds. The molecule has 0 aliphatic rings. The maximum absolute atomic E-state index is 13.2. The number of rotatable bonds is 3. The number of ether oxygens (including phenoxy) is 1. The third-order valence-electron chi connectivity index (χ3n) is 2.79. The summed E-state index contributed by atoms with van der Waals surface area (Å²) in [6.45, 7) is 2.01. The number of aryl methyl sites for hydroxylation is 1. The SMILES string of the molecule is COC(=O)c1cnc(C)n1Cc1cc(F)ccc1Cl. The first kappa shape index (κ1) is 13.5. The molecule has 4 nitrogen and oxygen atoms in total. The molecule has 19 heavy (non-hydrogen) atoms. The third-order valence-corrected chi connectivity index (χ3v) is 3.15. The molecule has 1 heterocycles. The van der Waals surface area contributed by atoms with Gasteiger partial charge >= 0.3 is 5.97 Å². The number of hydrogen-bond acceptors (Lipinski definition) is 3. The van der Waals surface area contributed by atoms with Crippen LogP contribution in [0.5, 0.6) is 0 Å². The van der Waals surface area contributed by atoms with E-state index in [0.717, 1.165) is 0 Å². The van der Waals surface area contributed by atoms with Gasteiger partial charge in [-0.05, 0) is 30.7 Å². The van der Waals surface area contributed by atoms with Crippen molar-refractivity contribution in [3.05, 3.63) is 52.3 Å². The lowest BCUT2D eigenvalue weighted by atomic mass is 10.2. The van der Waals surface area contributed by atoms with Gasteiger partial charge in [0.15, 0.2) is 0 Å². The van der Waals surface area contributed by atoms with E-state index >= 15 is 0 Å². The quantitative estimate of drug-likeness (QED) is 0.813. The molecular weight excluding hydrogens is 271 g/mol. The number of hydrogen-bond donors (Lipinski definition) is 0. The van der Waals surface area contributed by atoms with Gasteiger partial charge in [0.1, 0.15) is 17.3 Å². The molecule has 2 rings (SSSR count). The number of halogens is 2. The predicted octanol–water partition coefficient (Wildman–Crippen LogP) is 2.82. The van der Waals surface area contributed by atoms with Crippen LogP contribution in [-0.4, -0.2) is 22.6 Å². The molecule has 2 aromatic rings. The van der Waals surface area contributed by atoms with Crippen molar-refractivity contribution in [2.75, 3.05) is 7.11 Å². The van der Waals surface area contributed by atoms with Crippen molar-refractivity contribution in [2.24, 2.45) is 0 Å². The Kier molecular flexibility index (Phi) is 3.85. The van der Waals surface area contributed by atoms with Crippen molar-refractivity contribution in [3.8, 4) is 0 Å². The van der Waals surface area contributed by atoms with E-state index in [2.05, 4.69) is 9.72 Å². The Morgan fingerprint density at radius 1 is 1.53 bits per heavy atom. The van der Waals surface area contributed by atoms with Crippen molar-refractivity contribution >= 4 is 17.6 Å². The van der Waals surface area contributed by atoms with Gasteiger partial charge in [0.05, 0.1) is 19.9 Å². The molecule has 0 aliphatic heterocycles. The number of carbonyl (C=O) groups is 1. The van der Waals surface area contributed by atoms with E-state index in [1.54, 1.807) is 11.5 Å². The summed E-state index contributed by atoms with van der Waals surface area (Å²) in [5.74, 6) is -0.245. The summed E-state index contributed by atoms with van der Waals surface area (Å²) in [4.78, 5) is 15.7. The molecule has 0 N–H and O–H groups in total. The van der Waals surface area contributed by atoms with Gasteiger partial charge in [-0.2, -0.15) is 0 Å². The second-order valence-corrected chi connectivity index (χ2v) is 4.41. The van der Waals surface area contributed by atoms with Crippen molar-refractivity contribution in [2.45, 2.75) is 13.5 Å². The number of methoxy groups -OCH3 is 1. The Morgan fingerprint density at radius 2 is 2.26 bits per heavy atom. The van der Waals surface area contributed by atoms with Gasteiger partial charge in [0, 0.05) is 5.02 Å². The molecule has 0 aliphatic carbocycles. The zero-order valence-electron chi connectivity index (χ0n) is 10.5. The monoisotopic (exact) mass is 282 g/mol. The summed E-state index contributed by atoms with van der Waals surface area (Å²) in [5.41, 5.74) is 0.883. The van der Waals surface area contributed by atoms with Crippen LogP contribution < -0.4 is 0 Å². The van der Waals surface area contributed by atoms with Crippen LogP contribution in [0.1, 0.15) is 21.9 Å². The van der Waals surface area contributed by atoms with Crippen LogP contribution in [0.25, 0.3) is 0 Å². The molecular formula is C13H12ClFN2O2. The first-order valence-corrected chi connectivity index (χ1v) is 5.95. The third kappa shape index (κ3) is 2.76. The summed E-state index contributed by atoms with van der Waals surface area (Å²) < 4.78 is 19.5. The Balaban J connectivity index is 2.40. The average Bonchev–Trinajstić information content (AvgIpc) is 2.75. The fourth-order valence-corrected chi connectivity index (χ4v) is 1.95. The Hall–Kier alpha value is -1.88. The van der Waals surface area contributed by atoms with Crippen LogP contribution in [0, 0.1) is 12.7 Å². The van der Waals surface area contributed by atoms with Gasteiger partial charge < -0.3 is 9.30 Å². The number of esters is 1. The van der Waals surface area contributed by atoms with Crippen LogP contribution in [0.15, 0.2) is 24.4 Å². The van der Waals surface area contributed by atoms with Crippen LogP contribution in [0.3, 0.4) is 0 Å². The van der Waals surface area contributed by atoms with Crippen LogP contribution in [0.2, 0.25) is 5.02 Å². The molecule has 0 saturated carbocycles. The van der Waals surface area contributed by atoms with E-state index in [-0.39, 0.29) is 12.4 Å². The highest BCUT2D eigenvalue weighted by molar-refractivity contribution is 6.31. The second-order valence-electron chi connectivity index (χ2n) is 4.00. The normalized spacial score (nSPS) is 10.5. The van der Waals surface area contributed by atoms with Crippen molar-refractivity contribution in [3.63, 3.8) is 0 Å². The zero-order valence-corrected chi connectivity index (χ0v) is 11.2. The van der Waals surface area contributed by atoms with Gasteiger partial charge in [-0.3, -0.25) is 0 Å². The molecule has 0 bridgehead atoms. The second kappa shape index (κ2) is 5.40. The molecule has 0 atom stereocenters. The number of nitrogens with zero attached hydrogens (tertiary/aromatic N) is 2. The maximum Gasteiger partial charge on any atom is 0.356 e. The van der Waals surface area contributed by atoms with Crippen molar-refractivity contribution in [1.82, 2.24) is 9.55 Å². The minimum atomic E-state index is -0.492. The number of benzene rings is 1. The van der Waals surface area contributed by atoms with Crippen molar-refractivity contribution < 1.29 is 13.9 Å². The van der Waals surface area contributed by atoms with Crippen molar-refractivity contribution in [1.29, 1.82) is 0 Å². The van der Waals surface area contributed by atoms with Crippen LogP contribution >= 0.6 is 11.6 Å². The average molecular weight is 283 g/mol. The fraction of sp³-hybridized carbons (Fsp3) is 0.231. The van der Waals surface area contributed by atoms with E-state index in [1.165, 1.54) is 31.5 Å². The van der Waals surface area contributed by atoms with E-state index in [1.807, 2.05) is 0 Å². The predicted molar refractivity (Wildman–Crippen MR) is 68.8 cm³/mol. The van der Waals surface area contributed by atoms with Gasteiger partial charge in [0.2, 0.25) is 0 Å². The molecule has 6 heteroatoms. The fourth-order valence-electron chi connectivity index (χ4n) is 1.77. The molecule has 0 unspecified atom stereocenters. The summed E-state index contributed by atoms with van der Waals surface area (Å²) in [6.07, 6.45) is 1.42. The summed E-state index contributed by atoms with van der Waals surface area (Å²) >= 11 is 6.01. The first-order chi connectivity index (χ1) is 9.02. The highest BCUT2D eigenvalue weighted by Crippen LogP contribution is 2.20. The minimum absolute atomic E-state index is 0.257. The van der Waals surface area contributed by atoms with E-state index in [9.17, 15) is 9.18 Å². The lowest BCUT2D eigenvalue weighted by molar-refractivity contribution is 0.0588. The Labute approximate surface area is 114 Å².